The third-order valence-corrected chi connectivity index (χ3v) is 7.73. The van der Waals surface area contributed by atoms with E-state index in [0.717, 1.165) is 78.7 Å². The standard InChI is InChI=1S/C30H29Cl2F2N/c31-24-10-12-26(29(32)16-24)27-4-1-3-22-9-11-25(34)17-28(22)30(27)23-7-5-20(6-8-23)15-21-18-35(19-21)14-2-13-33/h5-12,16-17,21H,1-4,13-15,18-19H2. The van der Waals surface area contributed by atoms with Crippen LogP contribution in [0.5, 0.6) is 0 Å². The molecule has 5 rings (SSSR count). The molecule has 1 aliphatic heterocycles. The van der Waals surface area contributed by atoms with Crippen molar-refractivity contribution in [3.05, 3.63) is 104 Å². The maximum Gasteiger partial charge on any atom is 0.123 e. The number of hydrogen-bond acceptors (Lipinski definition) is 1. The van der Waals surface area contributed by atoms with Crippen LogP contribution in [-0.4, -0.2) is 31.2 Å². The molecule has 1 saturated heterocycles. The number of hydrogen-bond donors (Lipinski definition) is 0. The van der Waals surface area contributed by atoms with Crippen molar-refractivity contribution in [2.75, 3.05) is 26.3 Å². The zero-order valence-electron chi connectivity index (χ0n) is 19.7. The van der Waals surface area contributed by atoms with Crippen LogP contribution in [0.25, 0.3) is 11.1 Å². The smallest absolute Gasteiger partial charge is 0.123 e. The largest absolute Gasteiger partial charge is 0.303 e. The van der Waals surface area contributed by atoms with Gasteiger partial charge in [-0.1, -0.05) is 59.6 Å². The molecule has 35 heavy (non-hydrogen) atoms. The normalized spacial score (nSPS) is 16.7. The topological polar surface area (TPSA) is 3.24 Å². The summed E-state index contributed by atoms with van der Waals surface area (Å²) in [6.07, 6.45) is 4.36. The van der Waals surface area contributed by atoms with Crippen LogP contribution in [0.4, 0.5) is 8.78 Å². The summed E-state index contributed by atoms with van der Waals surface area (Å²) in [5.74, 6) is 0.388. The number of likely N-dealkylation sites (tertiary alicyclic amines) is 1. The molecule has 0 bridgehead atoms. The maximum absolute atomic E-state index is 14.4. The number of benzene rings is 3. The van der Waals surface area contributed by atoms with Crippen molar-refractivity contribution in [3.63, 3.8) is 0 Å². The number of fused-ring (bicyclic) bond motifs is 1. The Bertz CT molecular complexity index is 1230. The Balaban J connectivity index is 1.49. The number of halogens is 4. The molecule has 3 aromatic carbocycles. The highest BCUT2D eigenvalue weighted by molar-refractivity contribution is 6.36. The maximum atomic E-state index is 14.4. The van der Waals surface area contributed by atoms with Crippen molar-refractivity contribution in [1.29, 1.82) is 0 Å². The van der Waals surface area contributed by atoms with E-state index in [1.807, 2.05) is 18.2 Å². The van der Waals surface area contributed by atoms with E-state index in [9.17, 15) is 8.78 Å². The lowest BCUT2D eigenvalue weighted by atomic mass is 9.86. The van der Waals surface area contributed by atoms with E-state index in [4.69, 9.17) is 23.2 Å². The minimum Gasteiger partial charge on any atom is -0.303 e. The number of alkyl halides is 1. The molecule has 1 aliphatic carbocycles. The Morgan fingerprint density at radius 1 is 0.886 bits per heavy atom. The quantitative estimate of drug-likeness (QED) is 0.308. The molecule has 0 radical (unpaired) electrons. The van der Waals surface area contributed by atoms with Crippen molar-refractivity contribution in [3.8, 4) is 0 Å². The lowest BCUT2D eigenvalue weighted by Gasteiger charge is -2.39. The van der Waals surface area contributed by atoms with E-state index in [2.05, 4.69) is 29.2 Å². The average molecular weight is 512 g/mol. The summed E-state index contributed by atoms with van der Waals surface area (Å²) in [6.45, 7) is 2.69. The van der Waals surface area contributed by atoms with Gasteiger partial charge in [0.25, 0.3) is 0 Å². The van der Waals surface area contributed by atoms with E-state index in [-0.39, 0.29) is 12.5 Å². The zero-order valence-corrected chi connectivity index (χ0v) is 21.2. The molecule has 0 N–H and O–H groups in total. The fraction of sp³-hybridized carbons (Fsp3) is 0.333. The van der Waals surface area contributed by atoms with Gasteiger partial charge in [0.15, 0.2) is 0 Å². The first kappa shape index (κ1) is 24.5. The van der Waals surface area contributed by atoms with E-state index < -0.39 is 0 Å². The van der Waals surface area contributed by atoms with E-state index in [1.165, 1.54) is 5.56 Å². The van der Waals surface area contributed by atoms with Gasteiger partial charge in [-0.3, -0.25) is 4.39 Å². The molecule has 0 aromatic heterocycles. The van der Waals surface area contributed by atoms with Crippen molar-refractivity contribution in [2.24, 2.45) is 5.92 Å². The SMILES string of the molecule is FCCCN1CC(Cc2ccc(C3=C(c4ccc(Cl)cc4Cl)CCCc4ccc(F)cc43)cc2)C1. The van der Waals surface area contributed by atoms with Gasteiger partial charge in [-0.05, 0) is 101 Å². The summed E-state index contributed by atoms with van der Waals surface area (Å²) < 4.78 is 26.9. The number of allylic oxidation sites excluding steroid dienone is 1. The first-order valence-corrected chi connectivity index (χ1v) is 13.1. The van der Waals surface area contributed by atoms with Crippen LogP contribution in [0, 0.1) is 11.7 Å². The molecular weight excluding hydrogens is 483 g/mol. The summed E-state index contributed by atoms with van der Waals surface area (Å²) in [4.78, 5) is 2.32. The predicted molar refractivity (Wildman–Crippen MR) is 142 cm³/mol. The van der Waals surface area contributed by atoms with Gasteiger partial charge in [0, 0.05) is 29.7 Å². The number of aryl methyl sites for hydroxylation is 1. The molecule has 1 heterocycles. The highest BCUT2D eigenvalue weighted by Crippen LogP contribution is 2.42. The van der Waals surface area contributed by atoms with Crippen LogP contribution in [0.15, 0.2) is 60.7 Å². The monoisotopic (exact) mass is 511 g/mol. The van der Waals surface area contributed by atoms with Crippen LogP contribution in [0.2, 0.25) is 10.0 Å². The molecule has 0 amide bonds. The second-order valence-corrected chi connectivity index (χ2v) is 10.5. The van der Waals surface area contributed by atoms with Gasteiger partial charge in [-0.2, -0.15) is 0 Å². The van der Waals surface area contributed by atoms with E-state index >= 15 is 0 Å². The summed E-state index contributed by atoms with van der Waals surface area (Å²) >= 11 is 12.8. The highest BCUT2D eigenvalue weighted by atomic mass is 35.5. The molecule has 2 aliphatic rings. The molecule has 182 valence electrons. The van der Waals surface area contributed by atoms with Gasteiger partial charge in [-0.15, -0.1) is 0 Å². The summed E-state index contributed by atoms with van der Waals surface area (Å²) in [6, 6.07) is 19.4. The summed E-state index contributed by atoms with van der Waals surface area (Å²) in [5, 5.41) is 1.22. The van der Waals surface area contributed by atoms with Crippen molar-refractivity contribution < 1.29 is 8.78 Å². The Morgan fingerprint density at radius 2 is 1.69 bits per heavy atom. The molecular formula is C30H29Cl2F2N. The summed E-state index contributed by atoms with van der Waals surface area (Å²) in [5.41, 5.74) is 7.60. The van der Waals surface area contributed by atoms with Gasteiger partial charge in [0.1, 0.15) is 5.82 Å². The molecule has 0 atom stereocenters. The first-order valence-electron chi connectivity index (χ1n) is 12.4. The molecule has 0 spiro atoms. The van der Waals surface area contributed by atoms with E-state index in [0.29, 0.717) is 22.4 Å². The first-order chi connectivity index (χ1) is 17.0. The summed E-state index contributed by atoms with van der Waals surface area (Å²) in [7, 11) is 0. The third-order valence-electron chi connectivity index (χ3n) is 7.18. The average Bonchev–Trinajstić information content (AvgIpc) is 3.00. The molecule has 5 heteroatoms. The molecule has 1 nitrogen and oxygen atoms in total. The molecule has 0 saturated carbocycles. The van der Waals surface area contributed by atoms with Gasteiger partial charge in [0.05, 0.1) is 6.67 Å². The Hall–Kier alpha value is -2.20. The lowest BCUT2D eigenvalue weighted by molar-refractivity contribution is 0.0968. The van der Waals surface area contributed by atoms with Crippen LogP contribution < -0.4 is 0 Å². The highest BCUT2D eigenvalue weighted by Gasteiger charge is 2.26. The fourth-order valence-electron chi connectivity index (χ4n) is 5.49. The third kappa shape index (κ3) is 5.48. The van der Waals surface area contributed by atoms with Crippen molar-refractivity contribution in [2.45, 2.75) is 32.1 Å². The van der Waals surface area contributed by atoms with Crippen LogP contribution in [0.3, 0.4) is 0 Å². The zero-order chi connectivity index (χ0) is 24.4. The van der Waals surface area contributed by atoms with Crippen LogP contribution in [0.1, 0.15) is 47.1 Å². The number of rotatable bonds is 7. The second kappa shape index (κ2) is 10.8. The molecule has 1 fully saturated rings. The van der Waals surface area contributed by atoms with E-state index in [1.54, 1.807) is 18.2 Å². The Kier molecular flexibility index (Phi) is 7.57. The minimum absolute atomic E-state index is 0.233. The fourth-order valence-corrected chi connectivity index (χ4v) is 6.01. The lowest BCUT2D eigenvalue weighted by Crippen LogP contribution is -2.47. The Morgan fingerprint density at radius 3 is 2.43 bits per heavy atom. The van der Waals surface area contributed by atoms with Crippen LogP contribution >= 0.6 is 23.2 Å². The van der Waals surface area contributed by atoms with Crippen LogP contribution in [-0.2, 0) is 12.8 Å². The second-order valence-electron chi connectivity index (χ2n) is 9.70. The van der Waals surface area contributed by atoms with Gasteiger partial charge in [0.2, 0.25) is 0 Å². The van der Waals surface area contributed by atoms with Crippen molar-refractivity contribution in [1.82, 2.24) is 4.90 Å². The van der Waals surface area contributed by atoms with Gasteiger partial charge in [-0.25, -0.2) is 4.39 Å². The Labute approximate surface area is 216 Å². The molecule has 3 aromatic rings. The van der Waals surface area contributed by atoms with Gasteiger partial charge < -0.3 is 4.90 Å². The molecule has 0 unspecified atom stereocenters. The van der Waals surface area contributed by atoms with Gasteiger partial charge >= 0.3 is 0 Å². The minimum atomic E-state index is -0.241. The van der Waals surface area contributed by atoms with Crippen molar-refractivity contribution >= 4 is 34.3 Å². The number of nitrogens with zero attached hydrogens (tertiary/aromatic N) is 1. The predicted octanol–water partition coefficient (Wildman–Crippen LogP) is 8.26.